The summed E-state index contributed by atoms with van der Waals surface area (Å²) in [7, 11) is 2.01. The molecule has 0 saturated carbocycles. The molecule has 1 rings (SSSR count). The number of rotatable bonds is 6. The summed E-state index contributed by atoms with van der Waals surface area (Å²) >= 11 is 1.80. The number of aromatic nitrogens is 1. The molecular weight excluding hydrogens is 248 g/mol. The molecule has 0 bridgehead atoms. The first-order chi connectivity index (χ1) is 8.65. The largest absolute Gasteiger partial charge is 0.409 e. The zero-order valence-electron chi connectivity index (χ0n) is 11.0. The topological polar surface area (TPSA) is 74.7 Å². The van der Waals surface area contributed by atoms with Crippen LogP contribution >= 0.6 is 11.8 Å². The fourth-order valence-corrected chi connectivity index (χ4v) is 2.66. The average molecular weight is 268 g/mol. The Bertz CT molecular complexity index is 411. The zero-order valence-corrected chi connectivity index (χ0v) is 11.8. The molecule has 1 aromatic heterocycles. The molecule has 0 aliphatic heterocycles. The molecule has 0 aromatic carbocycles. The molecule has 0 aliphatic rings. The zero-order chi connectivity index (χ0) is 13.5. The van der Waals surface area contributed by atoms with E-state index in [4.69, 9.17) is 10.9 Å². The second-order valence-corrected chi connectivity index (χ2v) is 4.90. The third kappa shape index (κ3) is 3.29. The number of hydrogen-bond donors (Lipinski definition) is 2. The quantitative estimate of drug-likeness (QED) is 0.356. The molecule has 1 unspecified atom stereocenters. The third-order valence-electron chi connectivity index (χ3n) is 2.89. The fraction of sp³-hybridized carbons (Fsp3) is 0.500. The van der Waals surface area contributed by atoms with E-state index in [1.165, 1.54) is 0 Å². The van der Waals surface area contributed by atoms with Crippen LogP contribution in [0.25, 0.3) is 0 Å². The number of oxime groups is 1. The highest BCUT2D eigenvalue weighted by atomic mass is 32.2. The van der Waals surface area contributed by atoms with Crippen LogP contribution < -0.4 is 10.6 Å². The minimum Gasteiger partial charge on any atom is -0.409 e. The Labute approximate surface area is 112 Å². The highest BCUT2D eigenvalue weighted by Gasteiger charge is 2.18. The van der Waals surface area contributed by atoms with E-state index in [1.807, 2.05) is 19.2 Å². The first kappa shape index (κ1) is 14.6. The van der Waals surface area contributed by atoms with Crippen molar-refractivity contribution in [2.45, 2.75) is 19.4 Å². The van der Waals surface area contributed by atoms with Crippen molar-refractivity contribution in [3.8, 4) is 0 Å². The van der Waals surface area contributed by atoms with Crippen molar-refractivity contribution in [1.29, 1.82) is 0 Å². The molecule has 5 nitrogen and oxygen atoms in total. The van der Waals surface area contributed by atoms with Crippen LogP contribution in [-0.2, 0) is 0 Å². The molecule has 1 heterocycles. The van der Waals surface area contributed by atoms with Gasteiger partial charge in [-0.1, -0.05) is 12.1 Å². The fourth-order valence-electron chi connectivity index (χ4n) is 1.82. The summed E-state index contributed by atoms with van der Waals surface area (Å²) in [5.74, 6) is 1.06. The molecule has 0 radical (unpaired) electrons. The normalized spacial score (nSPS) is 13.4. The summed E-state index contributed by atoms with van der Waals surface area (Å²) in [5, 5.41) is 11.8. The van der Waals surface area contributed by atoms with Crippen molar-refractivity contribution < 1.29 is 5.21 Å². The average Bonchev–Trinajstić information content (AvgIpc) is 2.43. The van der Waals surface area contributed by atoms with Gasteiger partial charge in [0.2, 0.25) is 0 Å². The van der Waals surface area contributed by atoms with Crippen molar-refractivity contribution in [3.63, 3.8) is 0 Å². The predicted octanol–water partition coefficient (Wildman–Crippen LogP) is 1.75. The van der Waals surface area contributed by atoms with Gasteiger partial charge in [-0.25, -0.2) is 0 Å². The monoisotopic (exact) mass is 268 g/mol. The van der Waals surface area contributed by atoms with Gasteiger partial charge in [-0.3, -0.25) is 4.98 Å². The van der Waals surface area contributed by atoms with Gasteiger partial charge in [-0.15, -0.1) is 0 Å². The SMILES string of the molecule is CCC(CSC)N(C)c1cccnc1/C(N)=N/O. The van der Waals surface area contributed by atoms with Crippen molar-refractivity contribution in [3.05, 3.63) is 24.0 Å². The predicted molar refractivity (Wildman–Crippen MR) is 77.6 cm³/mol. The van der Waals surface area contributed by atoms with E-state index in [0.717, 1.165) is 17.9 Å². The van der Waals surface area contributed by atoms with Gasteiger partial charge in [-0.2, -0.15) is 11.8 Å². The standard InChI is InChI=1S/C12H20N4OS/c1-4-9(8-18-3)16(2)10-6-5-7-14-11(10)12(13)15-17/h5-7,9,17H,4,8H2,1-3H3,(H2,13,15). The number of amidine groups is 1. The van der Waals surface area contributed by atoms with Gasteiger partial charge in [0.25, 0.3) is 0 Å². The number of nitrogens with zero attached hydrogens (tertiary/aromatic N) is 3. The van der Waals surface area contributed by atoms with Gasteiger partial charge in [0.05, 0.1) is 5.69 Å². The van der Waals surface area contributed by atoms with E-state index in [9.17, 15) is 0 Å². The Morgan fingerprint density at radius 1 is 1.67 bits per heavy atom. The molecule has 0 spiro atoms. The van der Waals surface area contributed by atoms with Crippen LogP contribution in [0.3, 0.4) is 0 Å². The molecule has 1 aromatic rings. The second kappa shape index (κ2) is 7.10. The van der Waals surface area contributed by atoms with E-state index in [1.54, 1.807) is 18.0 Å². The number of anilines is 1. The Hall–Kier alpha value is -1.43. The van der Waals surface area contributed by atoms with Gasteiger partial charge in [-0.05, 0) is 24.8 Å². The lowest BCUT2D eigenvalue weighted by molar-refractivity contribution is 0.318. The van der Waals surface area contributed by atoms with Crippen LogP contribution in [0.1, 0.15) is 19.0 Å². The van der Waals surface area contributed by atoms with Crippen LogP contribution in [0, 0.1) is 0 Å². The molecular formula is C12H20N4OS. The second-order valence-electron chi connectivity index (χ2n) is 3.98. The van der Waals surface area contributed by atoms with Crippen LogP contribution in [-0.4, -0.2) is 41.1 Å². The van der Waals surface area contributed by atoms with E-state index in [-0.39, 0.29) is 5.84 Å². The lowest BCUT2D eigenvalue weighted by Crippen LogP contribution is -2.35. The number of nitrogens with two attached hydrogens (primary N) is 1. The summed E-state index contributed by atoms with van der Waals surface area (Å²) in [5.41, 5.74) is 7.05. The smallest absolute Gasteiger partial charge is 0.190 e. The first-order valence-electron chi connectivity index (χ1n) is 5.80. The Morgan fingerprint density at radius 2 is 2.39 bits per heavy atom. The first-order valence-corrected chi connectivity index (χ1v) is 7.19. The van der Waals surface area contributed by atoms with Crippen molar-refractivity contribution in [2.24, 2.45) is 10.9 Å². The molecule has 3 N–H and O–H groups in total. The molecule has 1 atom stereocenters. The van der Waals surface area contributed by atoms with Gasteiger partial charge < -0.3 is 15.8 Å². The lowest BCUT2D eigenvalue weighted by Gasteiger charge is -2.29. The summed E-state index contributed by atoms with van der Waals surface area (Å²) in [6.07, 6.45) is 4.76. The maximum atomic E-state index is 8.79. The number of hydrogen-bond acceptors (Lipinski definition) is 5. The van der Waals surface area contributed by atoms with Crippen LogP contribution in [0.4, 0.5) is 5.69 Å². The maximum Gasteiger partial charge on any atom is 0.190 e. The van der Waals surface area contributed by atoms with Crippen molar-refractivity contribution >= 4 is 23.3 Å². The maximum absolute atomic E-state index is 8.79. The van der Waals surface area contributed by atoms with E-state index >= 15 is 0 Å². The summed E-state index contributed by atoms with van der Waals surface area (Å²) in [4.78, 5) is 6.32. The van der Waals surface area contributed by atoms with Gasteiger partial charge >= 0.3 is 0 Å². The summed E-state index contributed by atoms with van der Waals surface area (Å²) < 4.78 is 0. The third-order valence-corrected chi connectivity index (χ3v) is 3.61. The molecule has 18 heavy (non-hydrogen) atoms. The molecule has 100 valence electrons. The molecule has 0 amide bonds. The number of thioether (sulfide) groups is 1. The Morgan fingerprint density at radius 3 is 2.94 bits per heavy atom. The van der Waals surface area contributed by atoms with E-state index in [2.05, 4.69) is 28.2 Å². The molecule has 6 heteroatoms. The van der Waals surface area contributed by atoms with Crippen LogP contribution in [0.5, 0.6) is 0 Å². The highest BCUT2D eigenvalue weighted by Crippen LogP contribution is 2.21. The minimum absolute atomic E-state index is 0.0384. The molecule has 0 saturated heterocycles. The summed E-state index contributed by atoms with van der Waals surface area (Å²) in [6, 6.07) is 4.18. The Kier molecular flexibility index (Phi) is 5.77. The minimum atomic E-state index is 0.0384. The van der Waals surface area contributed by atoms with Crippen molar-refractivity contribution in [2.75, 3.05) is 24.0 Å². The van der Waals surface area contributed by atoms with E-state index < -0.39 is 0 Å². The van der Waals surface area contributed by atoms with Gasteiger partial charge in [0.1, 0.15) is 5.69 Å². The van der Waals surface area contributed by atoms with Crippen LogP contribution in [0.15, 0.2) is 23.5 Å². The summed E-state index contributed by atoms with van der Waals surface area (Å²) in [6.45, 7) is 2.15. The van der Waals surface area contributed by atoms with Gasteiger partial charge in [0, 0.05) is 25.0 Å². The number of pyridine rings is 1. The lowest BCUT2D eigenvalue weighted by atomic mass is 10.2. The molecule has 0 fully saturated rings. The highest BCUT2D eigenvalue weighted by molar-refractivity contribution is 7.98. The van der Waals surface area contributed by atoms with Crippen molar-refractivity contribution in [1.82, 2.24) is 4.98 Å². The van der Waals surface area contributed by atoms with Gasteiger partial charge in [0.15, 0.2) is 5.84 Å². The Balaban J connectivity index is 3.08. The van der Waals surface area contributed by atoms with Crippen LogP contribution in [0.2, 0.25) is 0 Å². The molecule has 0 aliphatic carbocycles. The van der Waals surface area contributed by atoms with E-state index in [0.29, 0.717) is 11.7 Å².